The first-order valence-electron chi connectivity index (χ1n) is 6.60. The van der Waals surface area contributed by atoms with Gasteiger partial charge in [-0.2, -0.15) is 0 Å². The molecule has 3 N–H and O–H groups in total. The van der Waals surface area contributed by atoms with Gasteiger partial charge in [0, 0.05) is 12.1 Å². The predicted octanol–water partition coefficient (Wildman–Crippen LogP) is 1.22. The van der Waals surface area contributed by atoms with Gasteiger partial charge < -0.3 is 10.8 Å². The van der Waals surface area contributed by atoms with Crippen LogP contribution in [-0.2, 0) is 13.0 Å². The second kappa shape index (κ2) is 6.45. The van der Waals surface area contributed by atoms with E-state index in [1.807, 2.05) is 6.20 Å². The van der Waals surface area contributed by atoms with Gasteiger partial charge in [0.05, 0.1) is 18.8 Å². The van der Waals surface area contributed by atoms with Crippen LogP contribution in [0.3, 0.4) is 0 Å². The lowest BCUT2D eigenvalue weighted by Crippen LogP contribution is -2.25. The zero-order valence-electron chi connectivity index (χ0n) is 11.2. The van der Waals surface area contributed by atoms with Crippen molar-refractivity contribution >= 4 is 0 Å². The number of rotatable bonds is 6. The zero-order chi connectivity index (χ0) is 13.7. The molecule has 0 aliphatic heterocycles. The highest BCUT2D eigenvalue weighted by Crippen LogP contribution is 2.17. The summed E-state index contributed by atoms with van der Waals surface area (Å²) in [4.78, 5) is 0. The second-order valence-electron chi connectivity index (χ2n) is 4.66. The molecule has 1 heterocycles. The summed E-state index contributed by atoms with van der Waals surface area (Å²) in [5.41, 5.74) is 8.55. The van der Waals surface area contributed by atoms with Gasteiger partial charge in [0.2, 0.25) is 0 Å². The van der Waals surface area contributed by atoms with Crippen LogP contribution in [0.1, 0.15) is 18.9 Å². The van der Waals surface area contributed by atoms with E-state index in [4.69, 9.17) is 5.73 Å². The fourth-order valence-electron chi connectivity index (χ4n) is 1.94. The Labute approximate surface area is 113 Å². The van der Waals surface area contributed by atoms with Crippen molar-refractivity contribution in [3.63, 3.8) is 0 Å². The Morgan fingerprint density at radius 2 is 2.05 bits per heavy atom. The van der Waals surface area contributed by atoms with Crippen molar-refractivity contribution in [2.45, 2.75) is 32.4 Å². The maximum Gasteiger partial charge on any atom is 0.113 e. The van der Waals surface area contributed by atoms with Crippen LogP contribution in [0.2, 0.25) is 0 Å². The van der Waals surface area contributed by atoms with E-state index in [9.17, 15) is 5.11 Å². The molecule has 2 rings (SSSR count). The lowest BCUT2D eigenvalue weighted by Gasteiger charge is -2.05. The number of hydrogen-bond acceptors (Lipinski definition) is 4. The molecule has 19 heavy (non-hydrogen) atoms. The van der Waals surface area contributed by atoms with Gasteiger partial charge >= 0.3 is 0 Å². The van der Waals surface area contributed by atoms with E-state index in [1.165, 1.54) is 5.56 Å². The number of hydrogen-bond donors (Lipinski definition) is 2. The summed E-state index contributed by atoms with van der Waals surface area (Å²) in [7, 11) is 0. The van der Waals surface area contributed by atoms with Crippen LogP contribution >= 0.6 is 0 Å². The molecule has 0 aliphatic carbocycles. The van der Waals surface area contributed by atoms with Crippen molar-refractivity contribution in [2.24, 2.45) is 5.73 Å². The van der Waals surface area contributed by atoms with Crippen LogP contribution in [0.25, 0.3) is 11.3 Å². The summed E-state index contributed by atoms with van der Waals surface area (Å²) in [5.74, 6) is 0. The van der Waals surface area contributed by atoms with Gasteiger partial charge in [-0.25, -0.2) is 4.68 Å². The van der Waals surface area contributed by atoms with Crippen LogP contribution < -0.4 is 5.73 Å². The number of aryl methyl sites for hydroxylation is 1. The summed E-state index contributed by atoms with van der Waals surface area (Å²) < 4.78 is 1.62. The van der Waals surface area contributed by atoms with E-state index in [0.29, 0.717) is 6.54 Å². The number of nitrogens with zero attached hydrogens (tertiary/aromatic N) is 3. The molecular formula is C14H20N4O. The molecule has 1 aromatic heterocycles. The second-order valence-corrected chi connectivity index (χ2v) is 4.66. The monoisotopic (exact) mass is 260 g/mol. The minimum atomic E-state index is -0.582. The third-order valence-corrected chi connectivity index (χ3v) is 3.00. The average Bonchev–Trinajstić information content (AvgIpc) is 2.88. The van der Waals surface area contributed by atoms with Crippen LogP contribution in [-0.4, -0.2) is 32.7 Å². The minimum absolute atomic E-state index is 0.223. The topological polar surface area (TPSA) is 77.0 Å². The van der Waals surface area contributed by atoms with Gasteiger partial charge in [0.15, 0.2) is 0 Å². The molecule has 2 aromatic rings. The molecule has 5 heteroatoms. The fraction of sp³-hybridized carbons (Fsp3) is 0.429. The molecule has 0 saturated carbocycles. The number of aromatic nitrogens is 3. The summed E-state index contributed by atoms with van der Waals surface area (Å²) in [6.07, 6.45) is 3.48. The van der Waals surface area contributed by atoms with Gasteiger partial charge in [-0.1, -0.05) is 42.8 Å². The molecule has 0 spiro atoms. The summed E-state index contributed by atoms with van der Waals surface area (Å²) >= 11 is 0. The third-order valence-electron chi connectivity index (χ3n) is 3.00. The van der Waals surface area contributed by atoms with Gasteiger partial charge in [0.1, 0.15) is 5.69 Å². The van der Waals surface area contributed by atoms with Crippen LogP contribution in [0.4, 0.5) is 0 Å². The number of aliphatic hydroxyl groups excluding tert-OH is 1. The van der Waals surface area contributed by atoms with Crippen molar-refractivity contribution in [2.75, 3.05) is 6.54 Å². The van der Waals surface area contributed by atoms with E-state index in [0.717, 1.165) is 24.1 Å². The molecule has 0 fully saturated rings. The number of benzene rings is 1. The van der Waals surface area contributed by atoms with E-state index >= 15 is 0 Å². The van der Waals surface area contributed by atoms with E-state index in [1.54, 1.807) is 4.68 Å². The zero-order valence-corrected chi connectivity index (χ0v) is 11.2. The lowest BCUT2D eigenvalue weighted by molar-refractivity contribution is 0.156. The number of nitrogens with two attached hydrogens (primary N) is 1. The van der Waals surface area contributed by atoms with Gasteiger partial charge in [-0.15, -0.1) is 5.10 Å². The smallest absolute Gasteiger partial charge is 0.113 e. The molecular weight excluding hydrogens is 240 g/mol. The highest BCUT2D eigenvalue weighted by molar-refractivity contribution is 5.57. The molecule has 0 saturated heterocycles. The Hall–Kier alpha value is -1.72. The van der Waals surface area contributed by atoms with Crippen molar-refractivity contribution in [3.05, 3.63) is 36.0 Å². The molecule has 0 bridgehead atoms. The summed E-state index contributed by atoms with van der Waals surface area (Å²) in [6.45, 7) is 2.76. The molecule has 5 nitrogen and oxygen atoms in total. The Morgan fingerprint density at radius 3 is 2.68 bits per heavy atom. The molecule has 0 aliphatic rings. The molecule has 0 amide bonds. The van der Waals surface area contributed by atoms with Gasteiger partial charge in [-0.3, -0.25) is 0 Å². The number of aliphatic hydroxyl groups is 1. The van der Waals surface area contributed by atoms with E-state index in [-0.39, 0.29) is 6.54 Å². The first kappa shape index (κ1) is 13.7. The Bertz CT molecular complexity index is 506. The summed E-state index contributed by atoms with van der Waals surface area (Å²) in [5, 5.41) is 17.6. The molecule has 0 radical (unpaired) electrons. The van der Waals surface area contributed by atoms with Crippen LogP contribution in [0.15, 0.2) is 30.5 Å². The van der Waals surface area contributed by atoms with Crippen molar-refractivity contribution < 1.29 is 5.11 Å². The lowest BCUT2D eigenvalue weighted by atomic mass is 10.1. The third kappa shape index (κ3) is 3.62. The first-order chi connectivity index (χ1) is 9.22. The van der Waals surface area contributed by atoms with Crippen LogP contribution in [0, 0.1) is 0 Å². The molecule has 102 valence electrons. The molecule has 0 unspecified atom stereocenters. The fourth-order valence-corrected chi connectivity index (χ4v) is 1.94. The quantitative estimate of drug-likeness (QED) is 0.818. The maximum absolute atomic E-state index is 9.47. The summed E-state index contributed by atoms with van der Waals surface area (Å²) in [6, 6.07) is 8.34. The van der Waals surface area contributed by atoms with E-state index < -0.39 is 6.10 Å². The largest absolute Gasteiger partial charge is 0.390 e. The molecule has 1 aromatic carbocycles. The van der Waals surface area contributed by atoms with Crippen molar-refractivity contribution in [1.82, 2.24) is 15.0 Å². The average molecular weight is 260 g/mol. The first-order valence-corrected chi connectivity index (χ1v) is 6.60. The highest BCUT2D eigenvalue weighted by Gasteiger charge is 2.07. The highest BCUT2D eigenvalue weighted by atomic mass is 16.3. The Balaban J connectivity index is 2.09. The Morgan fingerprint density at radius 1 is 1.32 bits per heavy atom. The normalized spacial score (nSPS) is 12.6. The SMILES string of the molecule is CCCc1ccc(-c2cn(C[C@H](O)CN)nn2)cc1. The van der Waals surface area contributed by atoms with Crippen molar-refractivity contribution in [3.8, 4) is 11.3 Å². The van der Waals surface area contributed by atoms with Gasteiger partial charge in [-0.05, 0) is 12.0 Å². The minimum Gasteiger partial charge on any atom is -0.390 e. The standard InChI is InChI=1S/C14H20N4O/c1-2-3-11-4-6-12(7-5-11)14-10-18(17-16-14)9-13(19)8-15/h4-7,10,13,19H,2-3,8-9,15H2,1H3/t13-/m1/s1. The van der Waals surface area contributed by atoms with Crippen molar-refractivity contribution in [1.29, 1.82) is 0 Å². The van der Waals surface area contributed by atoms with Gasteiger partial charge in [0.25, 0.3) is 0 Å². The Kier molecular flexibility index (Phi) is 4.65. The molecule has 1 atom stereocenters. The van der Waals surface area contributed by atoms with Crippen LogP contribution in [0.5, 0.6) is 0 Å². The predicted molar refractivity (Wildman–Crippen MR) is 74.5 cm³/mol. The maximum atomic E-state index is 9.47. The van der Waals surface area contributed by atoms with E-state index in [2.05, 4.69) is 41.5 Å².